The fourth-order valence-electron chi connectivity index (χ4n) is 3.02. The van der Waals surface area contributed by atoms with Crippen molar-refractivity contribution in [3.8, 4) is 0 Å². The molecule has 1 aromatic rings. The van der Waals surface area contributed by atoms with Gasteiger partial charge < -0.3 is 14.8 Å². The molecule has 0 spiro atoms. The Bertz CT molecular complexity index is 809. The lowest BCUT2D eigenvalue weighted by atomic mass is 9.85. The van der Waals surface area contributed by atoms with Gasteiger partial charge in [0, 0.05) is 5.70 Å². The van der Waals surface area contributed by atoms with E-state index in [1.807, 2.05) is 0 Å². The van der Waals surface area contributed by atoms with E-state index in [-0.39, 0.29) is 22.3 Å². The maximum Gasteiger partial charge on any atom is 0.416 e. The van der Waals surface area contributed by atoms with Crippen molar-refractivity contribution in [1.29, 1.82) is 0 Å². The van der Waals surface area contributed by atoms with Gasteiger partial charge in [0.05, 0.1) is 37.0 Å². The molecule has 0 aromatic heterocycles. The molecule has 1 aromatic carbocycles. The second kappa shape index (κ2) is 7.23. The first-order chi connectivity index (χ1) is 12.1. The summed E-state index contributed by atoms with van der Waals surface area (Å²) in [6, 6.07) is 3.83. The molecule has 1 atom stereocenters. The first-order valence-electron chi connectivity index (χ1n) is 7.64. The number of carbonyl (C=O) groups is 2. The van der Waals surface area contributed by atoms with Gasteiger partial charge in [-0.25, -0.2) is 9.59 Å². The highest BCUT2D eigenvalue weighted by atomic mass is 19.4. The monoisotopic (exact) mass is 369 g/mol. The molecular formula is C18H18F3NO4. The topological polar surface area (TPSA) is 64.6 Å². The molecule has 1 N–H and O–H groups in total. The molecule has 0 radical (unpaired) electrons. The zero-order valence-corrected chi connectivity index (χ0v) is 14.7. The van der Waals surface area contributed by atoms with Crippen LogP contribution in [-0.4, -0.2) is 26.2 Å². The van der Waals surface area contributed by atoms with Crippen molar-refractivity contribution in [2.45, 2.75) is 26.1 Å². The van der Waals surface area contributed by atoms with Crippen LogP contribution in [0.3, 0.4) is 0 Å². The average Bonchev–Trinajstić information content (AvgIpc) is 2.59. The van der Waals surface area contributed by atoms with Crippen LogP contribution >= 0.6 is 0 Å². The second-order valence-corrected chi connectivity index (χ2v) is 5.68. The van der Waals surface area contributed by atoms with Gasteiger partial charge in [-0.1, -0.05) is 18.2 Å². The molecule has 0 amide bonds. The van der Waals surface area contributed by atoms with E-state index >= 15 is 0 Å². The highest BCUT2D eigenvalue weighted by molar-refractivity contribution is 6.00. The number of esters is 2. The largest absolute Gasteiger partial charge is 0.466 e. The van der Waals surface area contributed by atoms with Crippen molar-refractivity contribution in [3.63, 3.8) is 0 Å². The quantitative estimate of drug-likeness (QED) is 0.829. The first-order valence-corrected chi connectivity index (χ1v) is 7.64. The number of dihydropyridines is 1. The Morgan fingerprint density at radius 3 is 2.15 bits per heavy atom. The predicted molar refractivity (Wildman–Crippen MR) is 86.8 cm³/mol. The Morgan fingerprint density at radius 2 is 1.62 bits per heavy atom. The molecule has 0 fully saturated rings. The number of hydrogen-bond acceptors (Lipinski definition) is 5. The standard InChI is InChI=1S/C18H18F3NO4/c1-9-13(16(23)25-3)10(2)22-15(14(9)17(24)26-4)11-7-5-6-8-12(11)18(19,20)21/h5-8,15,22H,1-4H3. The number of alkyl halides is 3. The Hall–Kier alpha value is -2.77. The fourth-order valence-corrected chi connectivity index (χ4v) is 3.02. The van der Waals surface area contributed by atoms with Crippen LogP contribution in [0.2, 0.25) is 0 Å². The Labute approximate surface area is 148 Å². The van der Waals surface area contributed by atoms with Crippen molar-refractivity contribution < 1.29 is 32.2 Å². The highest BCUT2D eigenvalue weighted by Crippen LogP contribution is 2.40. The lowest BCUT2D eigenvalue weighted by molar-refractivity contribution is -0.140. The zero-order chi connectivity index (χ0) is 19.6. The van der Waals surface area contributed by atoms with Crippen LogP contribution in [0, 0.1) is 0 Å². The number of methoxy groups -OCH3 is 2. The third-order valence-corrected chi connectivity index (χ3v) is 4.18. The molecular weight excluding hydrogens is 351 g/mol. The van der Waals surface area contributed by atoms with Crippen LogP contribution in [0.15, 0.2) is 46.7 Å². The molecule has 1 aliphatic rings. The summed E-state index contributed by atoms with van der Waals surface area (Å²) in [5.41, 5.74) is -0.473. The van der Waals surface area contributed by atoms with E-state index in [1.54, 1.807) is 0 Å². The second-order valence-electron chi connectivity index (χ2n) is 5.68. The van der Waals surface area contributed by atoms with Gasteiger partial charge in [-0.15, -0.1) is 0 Å². The van der Waals surface area contributed by atoms with E-state index in [1.165, 1.54) is 39.2 Å². The third kappa shape index (κ3) is 3.44. The summed E-state index contributed by atoms with van der Waals surface area (Å²) in [5, 5.41) is 2.83. The van der Waals surface area contributed by atoms with E-state index < -0.39 is 29.7 Å². The molecule has 1 aliphatic heterocycles. The lowest BCUT2D eigenvalue weighted by Crippen LogP contribution is -2.34. The molecule has 0 saturated carbocycles. The Balaban J connectivity index is 2.71. The van der Waals surface area contributed by atoms with E-state index in [2.05, 4.69) is 5.32 Å². The van der Waals surface area contributed by atoms with Gasteiger partial charge in [-0.2, -0.15) is 13.2 Å². The summed E-state index contributed by atoms with van der Waals surface area (Å²) in [7, 11) is 2.30. The predicted octanol–water partition coefficient (Wildman–Crippen LogP) is 3.29. The van der Waals surface area contributed by atoms with Crippen molar-refractivity contribution in [3.05, 3.63) is 57.8 Å². The maximum atomic E-state index is 13.4. The lowest BCUT2D eigenvalue weighted by Gasteiger charge is -2.31. The highest BCUT2D eigenvalue weighted by Gasteiger charge is 2.40. The molecule has 0 aliphatic carbocycles. The van der Waals surface area contributed by atoms with E-state index in [9.17, 15) is 22.8 Å². The molecule has 1 unspecified atom stereocenters. The number of rotatable bonds is 3. The van der Waals surface area contributed by atoms with Gasteiger partial charge in [0.1, 0.15) is 0 Å². The van der Waals surface area contributed by atoms with Crippen LogP contribution in [-0.2, 0) is 25.2 Å². The molecule has 0 saturated heterocycles. The SMILES string of the molecule is COC(=O)C1=C(C)NC(c2ccccc2C(F)(F)F)C(C(=O)OC)=C1C. The molecule has 5 nitrogen and oxygen atoms in total. The minimum atomic E-state index is -4.60. The molecule has 2 rings (SSSR count). The van der Waals surface area contributed by atoms with Gasteiger partial charge in [0.2, 0.25) is 0 Å². The number of carbonyl (C=O) groups excluding carboxylic acids is 2. The maximum absolute atomic E-state index is 13.4. The van der Waals surface area contributed by atoms with Crippen LogP contribution in [0.25, 0.3) is 0 Å². The van der Waals surface area contributed by atoms with Crippen molar-refractivity contribution in [2.75, 3.05) is 14.2 Å². The minimum absolute atomic E-state index is 0.0739. The van der Waals surface area contributed by atoms with Crippen molar-refractivity contribution in [2.24, 2.45) is 0 Å². The Kier molecular flexibility index (Phi) is 5.44. The average molecular weight is 369 g/mol. The number of nitrogens with one attached hydrogen (secondary N) is 1. The molecule has 8 heteroatoms. The molecule has 140 valence electrons. The summed E-state index contributed by atoms with van der Waals surface area (Å²) in [6.07, 6.45) is -4.60. The number of halogens is 3. The van der Waals surface area contributed by atoms with Crippen LogP contribution < -0.4 is 5.32 Å². The Morgan fingerprint density at radius 1 is 1.04 bits per heavy atom. The third-order valence-electron chi connectivity index (χ3n) is 4.18. The van der Waals surface area contributed by atoms with Crippen LogP contribution in [0.1, 0.15) is 31.0 Å². The van der Waals surface area contributed by atoms with Gasteiger partial charge in [-0.05, 0) is 31.1 Å². The molecule has 0 bridgehead atoms. The first kappa shape index (κ1) is 19.6. The van der Waals surface area contributed by atoms with Gasteiger partial charge in [0.25, 0.3) is 0 Å². The summed E-state index contributed by atoms with van der Waals surface area (Å²) < 4.78 is 49.7. The summed E-state index contributed by atoms with van der Waals surface area (Å²) in [5.74, 6) is -1.53. The zero-order valence-electron chi connectivity index (χ0n) is 14.7. The van der Waals surface area contributed by atoms with E-state index in [0.29, 0.717) is 5.70 Å². The van der Waals surface area contributed by atoms with Gasteiger partial charge >= 0.3 is 18.1 Å². The molecule has 1 heterocycles. The van der Waals surface area contributed by atoms with Crippen molar-refractivity contribution in [1.82, 2.24) is 5.32 Å². The van der Waals surface area contributed by atoms with Gasteiger partial charge in [-0.3, -0.25) is 0 Å². The minimum Gasteiger partial charge on any atom is -0.466 e. The smallest absolute Gasteiger partial charge is 0.416 e. The summed E-state index contributed by atoms with van der Waals surface area (Å²) in [6.45, 7) is 3.01. The van der Waals surface area contributed by atoms with Crippen LogP contribution in [0.4, 0.5) is 13.2 Å². The summed E-state index contributed by atoms with van der Waals surface area (Å²) >= 11 is 0. The van der Waals surface area contributed by atoms with E-state index in [4.69, 9.17) is 9.47 Å². The van der Waals surface area contributed by atoms with Crippen molar-refractivity contribution >= 4 is 11.9 Å². The summed E-state index contributed by atoms with van der Waals surface area (Å²) in [4.78, 5) is 24.3. The van der Waals surface area contributed by atoms with Crippen LogP contribution in [0.5, 0.6) is 0 Å². The number of benzene rings is 1. The number of allylic oxidation sites excluding steroid dienone is 1. The number of hydrogen-bond donors (Lipinski definition) is 1. The fraction of sp³-hybridized carbons (Fsp3) is 0.333. The number of ether oxygens (including phenoxy) is 2. The van der Waals surface area contributed by atoms with E-state index in [0.717, 1.165) is 13.2 Å². The van der Waals surface area contributed by atoms with Gasteiger partial charge in [0.15, 0.2) is 0 Å². The normalized spacial score (nSPS) is 17.7. The molecule has 26 heavy (non-hydrogen) atoms.